The summed E-state index contributed by atoms with van der Waals surface area (Å²) in [4.78, 5) is 26.5. The van der Waals surface area contributed by atoms with Gasteiger partial charge in [-0.3, -0.25) is 4.79 Å². The molecule has 2 saturated heterocycles. The molecule has 0 radical (unpaired) electrons. The molecule has 3 unspecified atom stereocenters. The van der Waals surface area contributed by atoms with Gasteiger partial charge in [0.1, 0.15) is 0 Å². The maximum Gasteiger partial charge on any atom is 0.317 e. The first kappa shape index (κ1) is 21.0. The van der Waals surface area contributed by atoms with Gasteiger partial charge in [-0.1, -0.05) is 13.8 Å². The molecule has 0 aromatic heterocycles. The molecule has 2 fully saturated rings. The highest BCUT2D eigenvalue weighted by Crippen LogP contribution is 2.18. The number of halogens is 1. The van der Waals surface area contributed by atoms with Gasteiger partial charge in [0.15, 0.2) is 0 Å². The maximum absolute atomic E-state index is 12.5. The van der Waals surface area contributed by atoms with E-state index in [-0.39, 0.29) is 36.3 Å². The molecular weight excluding hydrogens is 328 g/mol. The maximum atomic E-state index is 12.5. The summed E-state index contributed by atoms with van der Waals surface area (Å²) in [5, 5.41) is 9.54. The van der Waals surface area contributed by atoms with Crippen LogP contribution in [0.4, 0.5) is 4.79 Å². The second kappa shape index (κ2) is 10.1. The summed E-state index contributed by atoms with van der Waals surface area (Å²) in [6.45, 7) is 9.26. The fraction of sp³-hybridized carbons (Fsp3) is 0.882. The van der Waals surface area contributed by atoms with Crippen LogP contribution < -0.4 is 16.0 Å². The van der Waals surface area contributed by atoms with Crippen molar-refractivity contribution in [2.45, 2.75) is 58.5 Å². The number of nitrogens with one attached hydrogen (secondary N) is 3. The Labute approximate surface area is 151 Å². The molecule has 24 heavy (non-hydrogen) atoms. The molecule has 6 nitrogen and oxygen atoms in total. The van der Waals surface area contributed by atoms with Gasteiger partial charge in [0.25, 0.3) is 0 Å². The fourth-order valence-electron chi connectivity index (χ4n) is 3.32. The Morgan fingerprint density at radius 2 is 2.00 bits per heavy atom. The molecular formula is C17H33ClN4O2. The molecule has 2 aliphatic heterocycles. The van der Waals surface area contributed by atoms with E-state index in [4.69, 9.17) is 0 Å². The monoisotopic (exact) mass is 360 g/mol. The van der Waals surface area contributed by atoms with Crippen LogP contribution in [0, 0.1) is 11.8 Å². The highest BCUT2D eigenvalue weighted by atomic mass is 35.5. The Morgan fingerprint density at radius 1 is 1.25 bits per heavy atom. The number of nitrogens with zero attached hydrogens (tertiary/aromatic N) is 1. The van der Waals surface area contributed by atoms with Crippen LogP contribution in [0.5, 0.6) is 0 Å². The lowest BCUT2D eigenvalue weighted by molar-refractivity contribution is -0.127. The third-order valence-corrected chi connectivity index (χ3v) is 4.83. The molecule has 2 aliphatic rings. The van der Waals surface area contributed by atoms with Crippen molar-refractivity contribution in [2.24, 2.45) is 11.8 Å². The molecule has 0 saturated carbocycles. The Kier molecular flexibility index (Phi) is 8.84. The SMILES string of the molecule is CC(C)CNC(=O)N1CCCC(C(=O)NC2CCCNC2C)C1.Cl. The molecule has 7 heteroatoms. The molecule has 3 N–H and O–H groups in total. The number of likely N-dealkylation sites (tertiary alicyclic amines) is 1. The summed E-state index contributed by atoms with van der Waals surface area (Å²) in [7, 11) is 0. The van der Waals surface area contributed by atoms with Gasteiger partial charge in [0.05, 0.1) is 5.92 Å². The van der Waals surface area contributed by atoms with Gasteiger partial charge in [-0.2, -0.15) is 0 Å². The number of carbonyl (C=O) groups excluding carboxylic acids is 2. The smallest absolute Gasteiger partial charge is 0.317 e. The fourth-order valence-corrected chi connectivity index (χ4v) is 3.32. The molecule has 3 amide bonds. The van der Waals surface area contributed by atoms with Gasteiger partial charge in [-0.15, -0.1) is 12.4 Å². The molecule has 2 rings (SSSR count). The van der Waals surface area contributed by atoms with Crippen LogP contribution in [0.3, 0.4) is 0 Å². The van der Waals surface area contributed by atoms with Crippen molar-refractivity contribution in [3.05, 3.63) is 0 Å². The number of hydrogen-bond acceptors (Lipinski definition) is 3. The van der Waals surface area contributed by atoms with Crippen molar-refractivity contribution in [3.63, 3.8) is 0 Å². The first-order valence-electron chi connectivity index (χ1n) is 9.04. The zero-order valence-electron chi connectivity index (χ0n) is 15.1. The largest absolute Gasteiger partial charge is 0.352 e. The Morgan fingerprint density at radius 3 is 2.67 bits per heavy atom. The van der Waals surface area contributed by atoms with Crippen LogP contribution in [0.1, 0.15) is 46.5 Å². The Bertz CT molecular complexity index is 419. The average Bonchev–Trinajstić information content (AvgIpc) is 2.54. The summed E-state index contributed by atoms with van der Waals surface area (Å²) < 4.78 is 0. The zero-order chi connectivity index (χ0) is 16.8. The number of rotatable bonds is 4. The van der Waals surface area contributed by atoms with Gasteiger partial charge in [0, 0.05) is 31.7 Å². The molecule has 0 aromatic carbocycles. The molecule has 0 aliphatic carbocycles. The van der Waals surface area contributed by atoms with Gasteiger partial charge >= 0.3 is 6.03 Å². The zero-order valence-corrected chi connectivity index (χ0v) is 16.0. The Balaban J connectivity index is 0.00000288. The third kappa shape index (κ3) is 6.13. The second-order valence-electron chi connectivity index (χ2n) is 7.37. The quantitative estimate of drug-likeness (QED) is 0.715. The van der Waals surface area contributed by atoms with Gasteiger partial charge in [0.2, 0.25) is 5.91 Å². The van der Waals surface area contributed by atoms with Gasteiger partial charge < -0.3 is 20.9 Å². The van der Waals surface area contributed by atoms with Gasteiger partial charge in [-0.25, -0.2) is 4.79 Å². The Hall–Kier alpha value is -1.01. The molecule has 3 atom stereocenters. The first-order chi connectivity index (χ1) is 11.0. The lowest BCUT2D eigenvalue weighted by atomic mass is 9.94. The van der Waals surface area contributed by atoms with Crippen molar-refractivity contribution in [1.82, 2.24) is 20.9 Å². The van der Waals surface area contributed by atoms with Crippen molar-refractivity contribution in [2.75, 3.05) is 26.2 Å². The minimum Gasteiger partial charge on any atom is -0.352 e. The molecule has 0 spiro atoms. The topological polar surface area (TPSA) is 73.5 Å². The van der Waals surface area contributed by atoms with E-state index < -0.39 is 0 Å². The van der Waals surface area contributed by atoms with E-state index >= 15 is 0 Å². The van der Waals surface area contributed by atoms with Crippen LogP contribution in [0.25, 0.3) is 0 Å². The molecule has 0 bridgehead atoms. The van der Waals surface area contributed by atoms with E-state index in [0.717, 1.165) is 38.8 Å². The van der Waals surface area contributed by atoms with Crippen molar-refractivity contribution >= 4 is 24.3 Å². The number of amides is 3. The van der Waals surface area contributed by atoms with E-state index in [9.17, 15) is 9.59 Å². The number of hydrogen-bond donors (Lipinski definition) is 3. The van der Waals surface area contributed by atoms with E-state index in [0.29, 0.717) is 25.0 Å². The van der Waals surface area contributed by atoms with Crippen LogP contribution in [0.2, 0.25) is 0 Å². The van der Waals surface area contributed by atoms with Crippen LogP contribution in [-0.4, -0.2) is 55.1 Å². The van der Waals surface area contributed by atoms with Gasteiger partial charge in [-0.05, 0) is 45.1 Å². The standard InChI is InChI=1S/C17H32N4O2.ClH/c1-12(2)10-19-17(23)21-9-5-6-14(11-21)16(22)20-15-7-4-8-18-13(15)3;/h12-15,18H,4-11H2,1-3H3,(H,19,23)(H,20,22);1H. The minimum atomic E-state index is -0.0809. The summed E-state index contributed by atoms with van der Waals surface area (Å²) >= 11 is 0. The van der Waals surface area contributed by atoms with Crippen LogP contribution in [0.15, 0.2) is 0 Å². The predicted molar refractivity (Wildman–Crippen MR) is 98.4 cm³/mol. The normalized spacial score (nSPS) is 27.3. The highest BCUT2D eigenvalue weighted by Gasteiger charge is 2.31. The van der Waals surface area contributed by atoms with E-state index in [1.807, 2.05) is 0 Å². The lowest BCUT2D eigenvalue weighted by Gasteiger charge is -2.35. The third-order valence-electron chi connectivity index (χ3n) is 4.83. The summed E-state index contributed by atoms with van der Waals surface area (Å²) in [6.07, 6.45) is 3.90. The first-order valence-corrected chi connectivity index (χ1v) is 9.04. The van der Waals surface area contributed by atoms with Crippen LogP contribution in [-0.2, 0) is 4.79 Å². The second-order valence-corrected chi connectivity index (χ2v) is 7.37. The number of carbonyl (C=O) groups is 2. The molecule has 2 heterocycles. The summed E-state index contributed by atoms with van der Waals surface area (Å²) in [6, 6.07) is 0.493. The predicted octanol–water partition coefficient (Wildman–Crippen LogP) is 1.74. The number of urea groups is 1. The van der Waals surface area contributed by atoms with Crippen molar-refractivity contribution < 1.29 is 9.59 Å². The van der Waals surface area contributed by atoms with Crippen LogP contribution >= 0.6 is 12.4 Å². The lowest BCUT2D eigenvalue weighted by Crippen LogP contribution is -2.55. The van der Waals surface area contributed by atoms with E-state index in [1.165, 1.54) is 0 Å². The highest BCUT2D eigenvalue weighted by molar-refractivity contribution is 5.85. The average molecular weight is 361 g/mol. The van der Waals surface area contributed by atoms with E-state index in [2.05, 4.69) is 36.7 Å². The van der Waals surface area contributed by atoms with Crippen molar-refractivity contribution in [3.8, 4) is 0 Å². The molecule has 0 aromatic rings. The summed E-state index contributed by atoms with van der Waals surface area (Å²) in [5.41, 5.74) is 0. The van der Waals surface area contributed by atoms with E-state index in [1.54, 1.807) is 4.90 Å². The summed E-state index contributed by atoms with van der Waals surface area (Å²) in [5.74, 6) is 0.456. The molecule has 140 valence electrons. The minimum absolute atomic E-state index is 0. The number of piperidine rings is 2. The van der Waals surface area contributed by atoms with Crippen molar-refractivity contribution in [1.29, 1.82) is 0 Å².